The summed E-state index contributed by atoms with van der Waals surface area (Å²) in [6.45, 7) is 6.52. The Labute approximate surface area is 204 Å². The number of carbonyl (C=O) groups excluding carboxylic acids is 1. The molecule has 0 saturated carbocycles. The van der Waals surface area contributed by atoms with Gasteiger partial charge in [-0.2, -0.15) is 5.10 Å². The van der Waals surface area contributed by atoms with Crippen molar-refractivity contribution >= 4 is 17.2 Å². The van der Waals surface area contributed by atoms with Gasteiger partial charge in [-0.05, 0) is 68.1 Å². The summed E-state index contributed by atoms with van der Waals surface area (Å²) in [4.78, 5) is 16.0. The van der Waals surface area contributed by atoms with Crippen LogP contribution in [0.5, 0.6) is 17.4 Å². The summed E-state index contributed by atoms with van der Waals surface area (Å²) < 4.78 is 13.5. The molecule has 176 valence electrons. The van der Waals surface area contributed by atoms with E-state index >= 15 is 0 Å². The van der Waals surface area contributed by atoms with Crippen molar-refractivity contribution in [1.82, 2.24) is 14.7 Å². The molecule has 0 unspecified atom stereocenters. The molecular formula is C27H29N3O3S. The number of thiophene rings is 1. The van der Waals surface area contributed by atoms with Crippen LogP contribution < -0.4 is 9.47 Å². The molecule has 4 aromatic rings. The molecule has 4 rings (SSSR count). The Balaban J connectivity index is 1.77. The second-order valence-corrected chi connectivity index (χ2v) is 9.01. The first-order valence-electron chi connectivity index (χ1n) is 11.3. The average Bonchev–Trinajstić information content (AvgIpc) is 3.52. The predicted octanol–water partition coefficient (Wildman–Crippen LogP) is 6.48. The van der Waals surface area contributed by atoms with Crippen LogP contribution in [-0.2, 0) is 6.54 Å². The quantitative estimate of drug-likeness (QED) is 0.278. The van der Waals surface area contributed by atoms with Gasteiger partial charge in [-0.25, -0.2) is 4.68 Å². The lowest BCUT2D eigenvalue weighted by atomic mass is 10.1. The van der Waals surface area contributed by atoms with E-state index in [1.54, 1.807) is 11.8 Å². The minimum absolute atomic E-state index is 0.0200. The zero-order chi connectivity index (χ0) is 24.1. The van der Waals surface area contributed by atoms with Gasteiger partial charge < -0.3 is 14.4 Å². The number of aromatic nitrogens is 2. The maximum absolute atomic E-state index is 13.4. The van der Waals surface area contributed by atoms with Gasteiger partial charge in [-0.3, -0.25) is 4.79 Å². The summed E-state index contributed by atoms with van der Waals surface area (Å²) in [6.07, 6.45) is 0.845. The molecule has 2 heterocycles. The van der Waals surface area contributed by atoms with E-state index < -0.39 is 0 Å². The molecule has 2 aromatic carbocycles. The third-order valence-corrected chi connectivity index (χ3v) is 6.71. The van der Waals surface area contributed by atoms with Crippen molar-refractivity contribution in [2.24, 2.45) is 0 Å². The largest absolute Gasteiger partial charge is 0.497 e. The lowest BCUT2D eigenvalue weighted by Crippen LogP contribution is -2.37. The molecule has 2 aromatic heterocycles. The summed E-state index contributed by atoms with van der Waals surface area (Å²) >= 11 is 1.46. The summed E-state index contributed by atoms with van der Waals surface area (Å²) in [7, 11) is 1.63. The Bertz CT molecular complexity index is 1220. The number of methoxy groups -OCH3 is 1. The van der Waals surface area contributed by atoms with E-state index in [4.69, 9.17) is 14.6 Å². The topological polar surface area (TPSA) is 56.6 Å². The van der Waals surface area contributed by atoms with Gasteiger partial charge in [-0.15, -0.1) is 11.3 Å². The number of amides is 1. The Morgan fingerprint density at radius 3 is 2.38 bits per heavy atom. The zero-order valence-electron chi connectivity index (χ0n) is 19.9. The molecule has 0 aliphatic rings. The van der Waals surface area contributed by atoms with Crippen molar-refractivity contribution in [2.45, 2.75) is 39.8 Å². The molecule has 0 saturated heterocycles. The maximum atomic E-state index is 13.4. The van der Waals surface area contributed by atoms with Crippen molar-refractivity contribution in [3.63, 3.8) is 0 Å². The summed E-state index contributed by atoms with van der Waals surface area (Å²) in [6, 6.07) is 21.2. The van der Waals surface area contributed by atoms with Gasteiger partial charge in [0, 0.05) is 6.04 Å². The van der Waals surface area contributed by atoms with Gasteiger partial charge in [0.25, 0.3) is 5.91 Å². The van der Waals surface area contributed by atoms with Crippen molar-refractivity contribution in [2.75, 3.05) is 7.11 Å². The predicted molar refractivity (Wildman–Crippen MR) is 135 cm³/mol. The molecule has 34 heavy (non-hydrogen) atoms. The number of carbonyl (C=O) groups is 1. The van der Waals surface area contributed by atoms with Crippen LogP contribution in [0.15, 0.2) is 72.1 Å². The second-order valence-electron chi connectivity index (χ2n) is 8.06. The van der Waals surface area contributed by atoms with Crippen LogP contribution in [0, 0.1) is 6.92 Å². The van der Waals surface area contributed by atoms with Crippen molar-refractivity contribution in [3.8, 4) is 23.1 Å². The molecule has 0 radical (unpaired) electrons. The number of hydrogen-bond acceptors (Lipinski definition) is 5. The fraction of sp³-hybridized carbons (Fsp3) is 0.259. The lowest BCUT2D eigenvalue weighted by Gasteiger charge is -2.28. The molecule has 1 atom stereocenters. The van der Waals surface area contributed by atoms with Crippen LogP contribution in [0.2, 0.25) is 0 Å². The minimum atomic E-state index is 0.0200. The number of benzene rings is 2. The highest BCUT2D eigenvalue weighted by molar-refractivity contribution is 7.12. The third-order valence-electron chi connectivity index (χ3n) is 5.86. The standard InChI is InChI=1S/C27H29N3O3S/c1-5-19(2)29(26(31)25-12-9-17-34-25)18-24-20(3)28-30(21-10-7-6-8-11-21)27(24)33-23-15-13-22(32-4)14-16-23/h6-17,19H,5,18H2,1-4H3/t19-/m1/s1. The Morgan fingerprint density at radius 1 is 1.06 bits per heavy atom. The van der Waals surface area contributed by atoms with Crippen molar-refractivity contribution in [3.05, 3.63) is 88.2 Å². The molecule has 0 bridgehead atoms. The highest BCUT2D eigenvalue weighted by Gasteiger charge is 2.27. The normalized spacial score (nSPS) is 11.8. The number of nitrogens with zero attached hydrogens (tertiary/aromatic N) is 3. The summed E-state index contributed by atoms with van der Waals surface area (Å²) in [5.74, 6) is 2.04. The van der Waals surface area contributed by atoms with Crippen LogP contribution in [0.3, 0.4) is 0 Å². The van der Waals surface area contributed by atoms with E-state index in [2.05, 4.69) is 13.8 Å². The monoisotopic (exact) mass is 475 g/mol. The number of hydrogen-bond donors (Lipinski definition) is 0. The van der Waals surface area contributed by atoms with E-state index in [1.165, 1.54) is 11.3 Å². The molecule has 0 spiro atoms. The van der Waals surface area contributed by atoms with Gasteiger partial charge in [0.05, 0.1) is 35.5 Å². The van der Waals surface area contributed by atoms with Crippen molar-refractivity contribution in [1.29, 1.82) is 0 Å². The highest BCUT2D eigenvalue weighted by atomic mass is 32.1. The van der Waals surface area contributed by atoms with E-state index in [-0.39, 0.29) is 11.9 Å². The van der Waals surface area contributed by atoms with Gasteiger partial charge in [0.2, 0.25) is 5.88 Å². The first-order valence-corrected chi connectivity index (χ1v) is 12.2. The fourth-order valence-corrected chi connectivity index (χ4v) is 4.36. The van der Waals surface area contributed by atoms with Gasteiger partial charge in [0.1, 0.15) is 11.5 Å². The molecule has 1 amide bonds. The highest BCUT2D eigenvalue weighted by Crippen LogP contribution is 2.33. The van der Waals surface area contributed by atoms with Gasteiger partial charge in [-0.1, -0.05) is 31.2 Å². The lowest BCUT2D eigenvalue weighted by molar-refractivity contribution is 0.0675. The summed E-state index contributed by atoms with van der Waals surface area (Å²) in [5.41, 5.74) is 2.59. The van der Waals surface area contributed by atoms with Crippen LogP contribution >= 0.6 is 11.3 Å². The number of ether oxygens (including phenoxy) is 2. The van der Waals surface area contributed by atoms with E-state index in [9.17, 15) is 4.79 Å². The molecule has 0 N–H and O–H groups in total. The molecule has 0 aliphatic heterocycles. The molecular weight excluding hydrogens is 446 g/mol. The van der Waals surface area contributed by atoms with Gasteiger partial charge >= 0.3 is 0 Å². The molecule has 6 nitrogen and oxygen atoms in total. The Kier molecular flexibility index (Phi) is 7.33. The van der Waals surface area contributed by atoms with E-state index in [0.717, 1.165) is 34.0 Å². The smallest absolute Gasteiger partial charge is 0.264 e. The molecule has 0 aliphatic carbocycles. The third kappa shape index (κ3) is 4.99. The minimum Gasteiger partial charge on any atom is -0.497 e. The fourth-order valence-electron chi connectivity index (χ4n) is 3.69. The zero-order valence-corrected chi connectivity index (χ0v) is 20.7. The first-order chi connectivity index (χ1) is 16.5. The molecule has 0 fully saturated rings. The maximum Gasteiger partial charge on any atom is 0.264 e. The van der Waals surface area contributed by atoms with Gasteiger partial charge in [0.15, 0.2) is 0 Å². The van der Waals surface area contributed by atoms with Crippen LogP contribution in [-0.4, -0.2) is 33.7 Å². The van der Waals surface area contributed by atoms with Crippen molar-refractivity contribution < 1.29 is 14.3 Å². The van der Waals surface area contributed by atoms with Crippen LogP contribution in [0.1, 0.15) is 41.2 Å². The average molecular weight is 476 g/mol. The SMILES string of the molecule is CC[C@@H](C)N(Cc1c(C)nn(-c2ccccc2)c1Oc1ccc(OC)cc1)C(=O)c1cccs1. The number of rotatable bonds is 9. The van der Waals surface area contributed by atoms with E-state index in [0.29, 0.717) is 18.2 Å². The van der Waals surface area contributed by atoms with E-state index in [1.807, 2.05) is 83.9 Å². The number of aryl methyl sites for hydroxylation is 1. The Morgan fingerprint density at radius 2 is 1.76 bits per heavy atom. The second kappa shape index (κ2) is 10.6. The number of para-hydroxylation sites is 1. The first kappa shape index (κ1) is 23.6. The molecule has 7 heteroatoms. The van der Waals surface area contributed by atoms with Crippen LogP contribution in [0.4, 0.5) is 0 Å². The Hall–Kier alpha value is -3.58. The van der Waals surface area contributed by atoms with Crippen LogP contribution in [0.25, 0.3) is 5.69 Å². The summed E-state index contributed by atoms with van der Waals surface area (Å²) in [5, 5.41) is 6.73.